The summed E-state index contributed by atoms with van der Waals surface area (Å²) in [5.74, 6) is 0.683. The van der Waals surface area contributed by atoms with Crippen LogP contribution < -0.4 is 10.6 Å². The average molecular weight is 318 g/mol. The Morgan fingerprint density at radius 1 is 1.43 bits per heavy atom. The average Bonchev–Trinajstić information content (AvgIpc) is 2.40. The van der Waals surface area contributed by atoms with E-state index in [0.717, 1.165) is 11.8 Å². The molecule has 1 fully saturated rings. The molecule has 2 unspecified atom stereocenters. The molecule has 0 amide bonds. The van der Waals surface area contributed by atoms with E-state index < -0.39 is 11.9 Å². The van der Waals surface area contributed by atoms with Gasteiger partial charge in [0.25, 0.3) is 0 Å². The maximum atomic E-state index is 12.9. The molecule has 1 aromatic heterocycles. The number of amidine groups is 1. The highest BCUT2D eigenvalue weighted by molar-refractivity contribution is 8.00. The number of pyridine rings is 1. The number of halogens is 3. The van der Waals surface area contributed by atoms with Crippen LogP contribution in [0.2, 0.25) is 0 Å². The lowest BCUT2D eigenvalue weighted by Crippen LogP contribution is -2.46. The molecule has 1 aromatic rings. The first kappa shape index (κ1) is 15.9. The number of hydrogen-bond acceptors (Lipinski definition) is 4. The Hall–Kier alpha value is -1.44. The molecule has 3 N–H and O–H groups in total. The van der Waals surface area contributed by atoms with Crippen LogP contribution in [0.5, 0.6) is 0 Å². The van der Waals surface area contributed by atoms with Gasteiger partial charge in [-0.15, -0.1) is 0 Å². The number of anilines is 1. The maximum Gasteiger partial charge on any atom is 0.433 e. The highest BCUT2D eigenvalue weighted by Gasteiger charge is 2.35. The number of rotatable bonds is 2. The topological polar surface area (TPSA) is 66.0 Å². The zero-order chi connectivity index (χ0) is 15.8. The van der Waals surface area contributed by atoms with Gasteiger partial charge in [-0.25, -0.2) is 4.98 Å². The summed E-state index contributed by atoms with van der Waals surface area (Å²) in [4.78, 5) is 5.56. The van der Waals surface area contributed by atoms with E-state index in [4.69, 9.17) is 11.1 Å². The molecule has 1 aliphatic heterocycles. The van der Waals surface area contributed by atoms with Gasteiger partial charge >= 0.3 is 6.18 Å². The van der Waals surface area contributed by atoms with E-state index in [-0.39, 0.29) is 28.5 Å². The first-order chi connectivity index (χ1) is 9.71. The molecule has 116 valence electrons. The molecule has 2 atom stereocenters. The molecular formula is C13H17F3N4S. The number of alkyl halides is 3. The van der Waals surface area contributed by atoms with E-state index in [9.17, 15) is 13.2 Å². The Morgan fingerprint density at radius 3 is 2.67 bits per heavy atom. The highest BCUT2D eigenvalue weighted by Crippen LogP contribution is 2.34. The molecule has 4 nitrogen and oxygen atoms in total. The van der Waals surface area contributed by atoms with Crippen LogP contribution in [0.15, 0.2) is 12.1 Å². The maximum absolute atomic E-state index is 12.9. The molecule has 1 aliphatic rings. The SMILES string of the molecule is CC1SCCN(c2nc(C(F)(F)F)ccc2C(=N)N)C1C. The lowest BCUT2D eigenvalue weighted by Gasteiger charge is -2.39. The van der Waals surface area contributed by atoms with E-state index in [0.29, 0.717) is 6.54 Å². The van der Waals surface area contributed by atoms with E-state index in [1.807, 2.05) is 18.7 Å². The van der Waals surface area contributed by atoms with Crippen LogP contribution in [-0.4, -0.2) is 34.4 Å². The fraction of sp³-hybridized carbons (Fsp3) is 0.538. The molecule has 8 heteroatoms. The van der Waals surface area contributed by atoms with Crippen molar-refractivity contribution >= 4 is 23.4 Å². The van der Waals surface area contributed by atoms with E-state index in [2.05, 4.69) is 4.98 Å². The quantitative estimate of drug-likeness (QED) is 0.650. The third-order valence-corrected chi connectivity index (χ3v) is 4.95. The second-order valence-corrected chi connectivity index (χ2v) is 6.47. The molecule has 0 aliphatic carbocycles. The normalized spacial score (nSPS) is 23.2. The standard InChI is InChI=1S/C13H17F3N4S/c1-7-8(2)21-6-5-20(7)12-9(11(17)18)3-4-10(19-12)13(14,15)16/h3-4,7-8H,5-6H2,1-2H3,(H3,17,18). The predicted molar refractivity (Wildman–Crippen MR) is 79.0 cm³/mol. The number of nitrogens with two attached hydrogens (primary N) is 1. The van der Waals surface area contributed by atoms with E-state index >= 15 is 0 Å². The second kappa shape index (κ2) is 5.75. The molecule has 0 bridgehead atoms. The lowest BCUT2D eigenvalue weighted by molar-refractivity contribution is -0.141. The van der Waals surface area contributed by atoms with Crippen molar-refractivity contribution in [2.24, 2.45) is 5.73 Å². The van der Waals surface area contributed by atoms with Crippen molar-refractivity contribution in [1.29, 1.82) is 5.41 Å². The number of thioether (sulfide) groups is 1. The zero-order valence-electron chi connectivity index (χ0n) is 11.7. The number of aromatic nitrogens is 1. The van der Waals surface area contributed by atoms with Crippen molar-refractivity contribution in [2.45, 2.75) is 31.3 Å². The van der Waals surface area contributed by atoms with Crippen LogP contribution in [0.4, 0.5) is 19.0 Å². The molecule has 0 saturated carbocycles. The first-order valence-corrected chi connectivity index (χ1v) is 7.57. The Bertz CT molecular complexity index is 547. The second-order valence-electron chi connectivity index (χ2n) is 4.99. The van der Waals surface area contributed by atoms with Gasteiger partial charge in [-0.2, -0.15) is 24.9 Å². The van der Waals surface area contributed by atoms with Gasteiger partial charge < -0.3 is 10.6 Å². The molecular weight excluding hydrogens is 301 g/mol. The minimum Gasteiger partial charge on any atom is -0.384 e. The molecule has 2 heterocycles. The lowest BCUT2D eigenvalue weighted by atomic mass is 10.1. The van der Waals surface area contributed by atoms with Gasteiger partial charge in [0.05, 0.1) is 5.56 Å². The van der Waals surface area contributed by atoms with Gasteiger partial charge in [-0.1, -0.05) is 6.92 Å². The molecule has 0 radical (unpaired) electrons. The van der Waals surface area contributed by atoms with Crippen molar-refractivity contribution in [3.63, 3.8) is 0 Å². The summed E-state index contributed by atoms with van der Waals surface area (Å²) < 4.78 is 38.6. The summed E-state index contributed by atoms with van der Waals surface area (Å²) in [6.45, 7) is 4.57. The summed E-state index contributed by atoms with van der Waals surface area (Å²) in [5, 5.41) is 7.84. The summed E-state index contributed by atoms with van der Waals surface area (Å²) in [5.41, 5.74) is 4.78. The zero-order valence-corrected chi connectivity index (χ0v) is 12.6. The number of nitrogens with one attached hydrogen (secondary N) is 1. The Morgan fingerprint density at radius 2 is 2.10 bits per heavy atom. The van der Waals surface area contributed by atoms with Crippen LogP contribution in [0.25, 0.3) is 0 Å². The van der Waals surface area contributed by atoms with Gasteiger partial charge in [0.2, 0.25) is 0 Å². The van der Waals surface area contributed by atoms with Crippen LogP contribution in [0, 0.1) is 5.41 Å². The molecule has 0 aromatic carbocycles. The van der Waals surface area contributed by atoms with Gasteiger partial charge in [0, 0.05) is 23.6 Å². The minimum atomic E-state index is -4.51. The third kappa shape index (κ3) is 3.25. The Labute approximate surface area is 125 Å². The van der Waals surface area contributed by atoms with Crippen LogP contribution in [-0.2, 0) is 6.18 Å². The highest BCUT2D eigenvalue weighted by atomic mass is 32.2. The van der Waals surface area contributed by atoms with Crippen LogP contribution >= 0.6 is 11.8 Å². The first-order valence-electron chi connectivity index (χ1n) is 6.52. The van der Waals surface area contributed by atoms with Crippen molar-refractivity contribution in [1.82, 2.24) is 4.98 Å². The molecule has 0 spiro atoms. The van der Waals surface area contributed by atoms with Crippen LogP contribution in [0.3, 0.4) is 0 Å². The fourth-order valence-corrected chi connectivity index (χ4v) is 3.37. The molecule has 1 saturated heterocycles. The van der Waals surface area contributed by atoms with Crippen molar-refractivity contribution in [3.8, 4) is 0 Å². The Kier molecular flexibility index (Phi) is 4.36. The van der Waals surface area contributed by atoms with Crippen molar-refractivity contribution in [2.75, 3.05) is 17.2 Å². The Balaban J connectivity index is 2.50. The van der Waals surface area contributed by atoms with Gasteiger partial charge in [0.15, 0.2) is 0 Å². The predicted octanol–water partition coefficient (Wildman–Crippen LogP) is 2.71. The monoisotopic (exact) mass is 318 g/mol. The largest absolute Gasteiger partial charge is 0.433 e. The van der Waals surface area contributed by atoms with Crippen molar-refractivity contribution < 1.29 is 13.2 Å². The van der Waals surface area contributed by atoms with E-state index in [1.165, 1.54) is 6.07 Å². The number of hydrogen-bond donors (Lipinski definition) is 2. The smallest absolute Gasteiger partial charge is 0.384 e. The fourth-order valence-electron chi connectivity index (χ4n) is 2.27. The van der Waals surface area contributed by atoms with Gasteiger partial charge in [-0.05, 0) is 19.1 Å². The summed E-state index contributed by atoms with van der Waals surface area (Å²) in [6, 6.07) is 2.12. The minimum absolute atomic E-state index is 0.0258. The third-order valence-electron chi connectivity index (χ3n) is 3.61. The molecule has 2 rings (SSSR count). The van der Waals surface area contributed by atoms with Crippen molar-refractivity contribution in [3.05, 3.63) is 23.4 Å². The van der Waals surface area contributed by atoms with Gasteiger partial charge in [-0.3, -0.25) is 5.41 Å². The summed E-state index contributed by atoms with van der Waals surface area (Å²) in [6.07, 6.45) is -4.51. The number of nitrogens with zero attached hydrogens (tertiary/aromatic N) is 2. The number of nitrogen functional groups attached to an aromatic ring is 1. The van der Waals surface area contributed by atoms with Crippen LogP contribution in [0.1, 0.15) is 25.1 Å². The summed E-state index contributed by atoms with van der Waals surface area (Å²) >= 11 is 1.77. The molecule has 21 heavy (non-hydrogen) atoms. The summed E-state index contributed by atoms with van der Waals surface area (Å²) in [7, 11) is 0. The van der Waals surface area contributed by atoms with Gasteiger partial charge in [0.1, 0.15) is 17.3 Å². The van der Waals surface area contributed by atoms with E-state index in [1.54, 1.807) is 11.8 Å².